The van der Waals surface area contributed by atoms with Gasteiger partial charge in [0.05, 0.1) is 11.7 Å². The molecule has 0 amide bonds. The van der Waals surface area contributed by atoms with Gasteiger partial charge >= 0.3 is 0 Å². The van der Waals surface area contributed by atoms with E-state index in [2.05, 4.69) is 37.8 Å². The van der Waals surface area contributed by atoms with E-state index in [4.69, 9.17) is 5.73 Å². The Morgan fingerprint density at radius 1 is 1.25 bits per heavy atom. The average molecular weight is 217 g/mol. The van der Waals surface area contributed by atoms with Gasteiger partial charge in [0.2, 0.25) is 0 Å². The Kier molecular flexibility index (Phi) is 2.41. The first-order chi connectivity index (χ1) is 7.43. The van der Waals surface area contributed by atoms with Crippen molar-refractivity contribution in [1.29, 1.82) is 0 Å². The highest BCUT2D eigenvalue weighted by molar-refractivity contribution is 5.91. The Balaban J connectivity index is 2.34. The van der Waals surface area contributed by atoms with Crippen LogP contribution in [0.5, 0.6) is 0 Å². The summed E-state index contributed by atoms with van der Waals surface area (Å²) in [5.74, 6) is 0. The maximum Gasteiger partial charge on any atom is 0.0601 e. The summed E-state index contributed by atoms with van der Waals surface area (Å²) in [5, 5.41) is 6.71. The topological polar surface area (TPSA) is 41.6 Å². The molecule has 2 rings (SSSR count). The van der Waals surface area contributed by atoms with Crippen LogP contribution < -0.4 is 10.7 Å². The largest absolute Gasteiger partial charge is 0.399 e. The fraction of sp³-hybridized carbons (Fsp3) is 0.462. The van der Waals surface area contributed by atoms with Crippen LogP contribution in [0.4, 0.5) is 11.4 Å². The van der Waals surface area contributed by atoms with Gasteiger partial charge in [-0.05, 0) is 38.1 Å². The zero-order valence-corrected chi connectivity index (χ0v) is 10.4. The van der Waals surface area contributed by atoms with Gasteiger partial charge in [0.15, 0.2) is 0 Å². The minimum absolute atomic E-state index is 0.126. The molecule has 0 saturated carbocycles. The van der Waals surface area contributed by atoms with E-state index in [-0.39, 0.29) is 5.41 Å². The molecule has 2 N–H and O–H groups in total. The van der Waals surface area contributed by atoms with E-state index in [1.165, 1.54) is 5.71 Å². The molecule has 1 unspecified atom stereocenters. The standard InChI is InChI=1S/C13H19N3/c1-9-13(3,4)10(2)16(15-9)12-7-5-11(14)6-8-12/h5-8,10H,14H2,1-4H3. The first-order valence-corrected chi connectivity index (χ1v) is 5.63. The molecule has 0 spiro atoms. The molecule has 0 fully saturated rings. The van der Waals surface area contributed by atoms with Crippen LogP contribution in [0.2, 0.25) is 0 Å². The summed E-state index contributed by atoms with van der Waals surface area (Å²) in [6.07, 6.45) is 0. The molecule has 0 aromatic heterocycles. The van der Waals surface area contributed by atoms with E-state index in [0.717, 1.165) is 11.4 Å². The van der Waals surface area contributed by atoms with E-state index in [0.29, 0.717) is 6.04 Å². The molecule has 3 heteroatoms. The van der Waals surface area contributed by atoms with E-state index in [9.17, 15) is 0 Å². The summed E-state index contributed by atoms with van der Waals surface area (Å²) in [5.41, 5.74) is 8.88. The molecule has 1 aromatic rings. The summed E-state index contributed by atoms with van der Waals surface area (Å²) < 4.78 is 0. The summed E-state index contributed by atoms with van der Waals surface area (Å²) in [7, 11) is 0. The smallest absolute Gasteiger partial charge is 0.0601 e. The summed E-state index contributed by atoms with van der Waals surface area (Å²) in [4.78, 5) is 0. The molecule has 1 aliphatic heterocycles. The molecular formula is C13H19N3. The van der Waals surface area contributed by atoms with E-state index < -0.39 is 0 Å². The van der Waals surface area contributed by atoms with Crippen LogP contribution in [-0.2, 0) is 0 Å². The van der Waals surface area contributed by atoms with Crippen LogP contribution in [0.15, 0.2) is 29.4 Å². The van der Waals surface area contributed by atoms with Gasteiger partial charge in [-0.2, -0.15) is 5.10 Å². The lowest BCUT2D eigenvalue weighted by molar-refractivity contribution is 0.437. The zero-order valence-electron chi connectivity index (χ0n) is 10.4. The lowest BCUT2D eigenvalue weighted by atomic mass is 9.82. The zero-order chi connectivity index (χ0) is 11.9. The van der Waals surface area contributed by atoms with Crippen molar-refractivity contribution in [2.75, 3.05) is 10.7 Å². The molecule has 86 valence electrons. The van der Waals surface area contributed by atoms with Crippen LogP contribution in [0.1, 0.15) is 27.7 Å². The molecule has 1 aromatic carbocycles. The van der Waals surface area contributed by atoms with Crippen molar-refractivity contribution < 1.29 is 0 Å². The van der Waals surface area contributed by atoms with Crippen LogP contribution in [-0.4, -0.2) is 11.8 Å². The minimum atomic E-state index is 0.126. The van der Waals surface area contributed by atoms with Crippen LogP contribution in [0, 0.1) is 5.41 Å². The molecule has 1 aliphatic rings. The Hall–Kier alpha value is -1.51. The van der Waals surface area contributed by atoms with Gasteiger partial charge in [-0.15, -0.1) is 0 Å². The predicted octanol–water partition coefficient (Wildman–Crippen LogP) is 2.88. The highest BCUT2D eigenvalue weighted by Gasteiger charge is 2.39. The van der Waals surface area contributed by atoms with Gasteiger partial charge in [-0.25, -0.2) is 0 Å². The first-order valence-electron chi connectivity index (χ1n) is 5.63. The molecule has 0 aliphatic carbocycles. The fourth-order valence-electron chi connectivity index (χ4n) is 1.89. The van der Waals surface area contributed by atoms with Gasteiger partial charge < -0.3 is 5.73 Å². The lowest BCUT2D eigenvalue weighted by Gasteiger charge is -2.29. The van der Waals surface area contributed by atoms with Gasteiger partial charge in [0.1, 0.15) is 0 Å². The van der Waals surface area contributed by atoms with E-state index >= 15 is 0 Å². The van der Waals surface area contributed by atoms with Gasteiger partial charge in [0, 0.05) is 16.8 Å². The summed E-state index contributed by atoms with van der Waals surface area (Å²) in [6, 6.07) is 8.24. The van der Waals surface area contributed by atoms with Crippen molar-refractivity contribution in [2.24, 2.45) is 10.5 Å². The Bertz CT molecular complexity index is 417. The molecule has 0 radical (unpaired) electrons. The van der Waals surface area contributed by atoms with E-state index in [1.54, 1.807) is 0 Å². The molecule has 0 bridgehead atoms. The third-order valence-electron chi connectivity index (χ3n) is 3.76. The summed E-state index contributed by atoms with van der Waals surface area (Å²) in [6.45, 7) is 8.76. The predicted molar refractivity (Wildman–Crippen MR) is 69.7 cm³/mol. The average Bonchev–Trinajstić information content (AvgIpc) is 2.44. The second-order valence-corrected chi connectivity index (χ2v) is 5.02. The van der Waals surface area contributed by atoms with Crippen molar-refractivity contribution >= 4 is 17.1 Å². The van der Waals surface area contributed by atoms with Crippen molar-refractivity contribution in [3.8, 4) is 0 Å². The van der Waals surface area contributed by atoms with Crippen molar-refractivity contribution in [1.82, 2.24) is 0 Å². The quantitative estimate of drug-likeness (QED) is 0.735. The highest BCUT2D eigenvalue weighted by atomic mass is 15.5. The Labute approximate surface area is 96.9 Å². The number of benzene rings is 1. The Morgan fingerprint density at radius 3 is 2.25 bits per heavy atom. The second kappa shape index (κ2) is 3.51. The summed E-state index contributed by atoms with van der Waals surface area (Å²) >= 11 is 0. The van der Waals surface area contributed by atoms with Crippen LogP contribution in [0.25, 0.3) is 0 Å². The minimum Gasteiger partial charge on any atom is -0.399 e. The van der Waals surface area contributed by atoms with Crippen LogP contribution in [0.3, 0.4) is 0 Å². The van der Waals surface area contributed by atoms with Crippen molar-refractivity contribution in [3.63, 3.8) is 0 Å². The number of hydrazone groups is 1. The highest BCUT2D eigenvalue weighted by Crippen LogP contribution is 2.36. The number of hydrogen-bond acceptors (Lipinski definition) is 3. The number of nitrogens with zero attached hydrogens (tertiary/aromatic N) is 2. The third kappa shape index (κ3) is 1.56. The van der Waals surface area contributed by atoms with Crippen LogP contribution >= 0.6 is 0 Å². The fourth-order valence-corrected chi connectivity index (χ4v) is 1.89. The maximum atomic E-state index is 5.69. The molecule has 1 heterocycles. The van der Waals surface area contributed by atoms with Crippen molar-refractivity contribution in [2.45, 2.75) is 33.7 Å². The lowest BCUT2D eigenvalue weighted by Crippen LogP contribution is -2.36. The third-order valence-corrected chi connectivity index (χ3v) is 3.76. The number of nitrogen functional groups attached to an aromatic ring is 1. The van der Waals surface area contributed by atoms with Gasteiger partial charge in [-0.1, -0.05) is 13.8 Å². The van der Waals surface area contributed by atoms with Crippen molar-refractivity contribution in [3.05, 3.63) is 24.3 Å². The second-order valence-electron chi connectivity index (χ2n) is 5.02. The molecule has 16 heavy (non-hydrogen) atoms. The normalized spacial score (nSPS) is 23.4. The number of rotatable bonds is 1. The number of anilines is 2. The number of hydrogen-bond donors (Lipinski definition) is 1. The van der Waals surface area contributed by atoms with Gasteiger partial charge in [0.25, 0.3) is 0 Å². The SMILES string of the molecule is CC1=NN(c2ccc(N)cc2)C(C)C1(C)C. The van der Waals surface area contributed by atoms with Gasteiger partial charge in [-0.3, -0.25) is 5.01 Å². The molecule has 1 atom stereocenters. The monoisotopic (exact) mass is 217 g/mol. The first kappa shape index (κ1) is 11.0. The Morgan fingerprint density at radius 2 is 1.81 bits per heavy atom. The van der Waals surface area contributed by atoms with E-state index in [1.807, 2.05) is 24.3 Å². The molecular weight excluding hydrogens is 198 g/mol. The molecule has 3 nitrogen and oxygen atoms in total. The molecule has 0 saturated heterocycles. The maximum absolute atomic E-state index is 5.69. The number of nitrogens with two attached hydrogens (primary N) is 1.